The summed E-state index contributed by atoms with van der Waals surface area (Å²) in [5, 5.41) is 4.40. The van der Waals surface area contributed by atoms with Crippen molar-refractivity contribution in [1.29, 1.82) is 0 Å². The van der Waals surface area contributed by atoms with E-state index in [4.69, 9.17) is 20.1 Å². The molecular weight excluding hydrogens is 647 g/mol. The molecular formula is C49H35N3O. The first-order valence-electron chi connectivity index (χ1n) is 17.8. The van der Waals surface area contributed by atoms with Crippen LogP contribution in [0.5, 0.6) is 0 Å². The third kappa shape index (κ3) is 6.39. The van der Waals surface area contributed by atoms with E-state index >= 15 is 0 Å². The third-order valence-electron chi connectivity index (χ3n) is 9.80. The van der Waals surface area contributed by atoms with Crippen LogP contribution in [0.1, 0.15) is 16.7 Å². The molecule has 9 aromatic rings. The molecule has 0 unspecified atom stereocenters. The normalized spacial score (nSPS) is 12.2. The molecule has 4 nitrogen and oxygen atoms in total. The van der Waals surface area contributed by atoms with E-state index in [1.165, 1.54) is 11.1 Å². The second kappa shape index (κ2) is 13.9. The molecule has 2 N–H and O–H groups in total. The van der Waals surface area contributed by atoms with Crippen LogP contribution in [0.2, 0.25) is 0 Å². The Morgan fingerprint density at radius 3 is 1.77 bits per heavy atom. The molecule has 0 aliphatic heterocycles. The maximum atomic E-state index is 6.82. The summed E-state index contributed by atoms with van der Waals surface area (Å²) in [4.78, 5) is 10.2. The van der Waals surface area contributed by atoms with Crippen molar-refractivity contribution >= 4 is 44.4 Å². The maximum absolute atomic E-state index is 6.82. The van der Waals surface area contributed by atoms with Crippen molar-refractivity contribution in [2.24, 2.45) is 15.7 Å². The Morgan fingerprint density at radius 1 is 0.472 bits per heavy atom. The van der Waals surface area contributed by atoms with Crippen molar-refractivity contribution < 1.29 is 4.42 Å². The minimum absolute atomic E-state index is 0.403. The lowest BCUT2D eigenvalue weighted by Gasteiger charge is -2.13. The van der Waals surface area contributed by atoms with Crippen LogP contribution in [-0.2, 0) is 6.54 Å². The molecule has 0 spiro atoms. The fraction of sp³-hybridized carbons (Fsp3) is 0.0204. The van der Waals surface area contributed by atoms with E-state index in [0.29, 0.717) is 18.2 Å². The van der Waals surface area contributed by atoms with E-state index in [2.05, 4.69) is 133 Å². The van der Waals surface area contributed by atoms with E-state index in [0.717, 1.165) is 71.7 Å². The van der Waals surface area contributed by atoms with Gasteiger partial charge < -0.3 is 10.2 Å². The maximum Gasteiger partial charge on any atom is 0.157 e. The van der Waals surface area contributed by atoms with Gasteiger partial charge in [-0.05, 0) is 74.0 Å². The summed E-state index contributed by atoms with van der Waals surface area (Å²) >= 11 is 0. The number of hydrogen-bond donors (Lipinski definition) is 1. The first-order chi connectivity index (χ1) is 26.2. The van der Waals surface area contributed by atoms with Crippen LogP contribution in [0.3, 0.4) is 0 Å². The van der Waals surface area contributed by atoms with Gasteiger partial charge in [-0.25, -0.2) is 4.99 Å². The van der Waals surface area contributed by atoms with Crippen LogP contribution in [0, 0.1) is 0 Å². The van der Waals surface area contributed by atoms with Crippen molar-refractivity contribution in [1.82, 2.24) is 0 Å². The first-order valence-corrected chi connectivity index (χ1v) is 17.8. The molecule has 9 rings (SSSR count). The highest BCUT2D eigenvalue weighted by molar-refractivity contribution is 6.18. The number of para-hydroxylation sites is 1. The third-order valence-corrected chi connectivity index (χ3v) is 9.80. The topological polar surface area (TPSA) is 63.9 Å². The van der Waals surface area contributed by atoms with Crippen molar-refractivity contribution in [3.63, 3.8) is 0 Å². The number of hydrogen-bond acceptors (Lipinski definition) is 2. The van der Waals surface area contributed by atoms with Crippen molar-refractivity contribution in [3.8, 4) is 33.4 Å². The Kier molecular flexibility index (Phi) is 8.39. The number of aliphatic imine (C=N–C) groups is 2. The highest BCUT2D eigenvalue weighted by Crippen LogP contribution is 2.40. The highest BCUT2D eigenvalue weighted by Gasteiger charge is 2.17. The van der Waals surface area contributed by atoms with Crippen molar-refractivity contribution in [3.05, 3.63) is 205 Å². The highest BCUT2D eigenvalue weighted by atomic mass is 16.3. The van der Waals surface area contributed by atoms with Gasteiger partial charge in [0, 0.05) is 21.9 Å². The van der Waals surface area contributed by atoms with Crippen LogP contribution in [0.25, 0.3) is 66.1 Å². The van der Waals surface area contributed by atoms with Crippen molar-refractivity contribution in [2.45, 2.75) is 6.54 Å². The van der Waals surface area contributed by atoms with Crippen LogP contribution in [-0.4, -0.2) is 11.7 Å². The van der Waals surface area contributed by atoms with Crippen LogP contribution < -0.4 is 5.73 Å². The van der Waals surface area contributed by atoms with Gasteiger partial charge in [-0.2, -0.15) is 0 Å². The molecule has 0 aliphatic rings. The molecule has 1 aromatic heterocycles. The summed E-state index contributed by atoms with van der Waals surface area (Å²) < 4.78 is 6.30. The lowest BCUT2D eigenvalue weighted by atomic mass is 9.92. The minimum atomic E-state index is 0.403. The summed E-state index contributed by atoms with van der Waals surface area (Å²) in [6.07, 6.45) is 0. The zero-order valence-corrected chi connectivity index (χ0v) is 29.0. The number of nitrogens with zero attached hydrogens (tertiary/aromatic N) is 2. The Morgan fingerprint density at radius 2 is 1.06 bits per heavy atom. The lowest BCUT2D eigenvalue weighted by molar-refractivity contribution is 0.669. The fourth-order valence-corrected chi connectivity index (χ4v) is 7.09. The standard InChI is InChI=1S/C49H35N3O/c50-48(38-28-26-37(27-29-38)35-14-5-2-6-15-35)52-49(51-32-33-22-24-36(25-23-33)34-12-3-1-4-13-34)40-30-39-16-7-8-17-41(39)44(31-40)42-19-11-21-46-47(42)43-18-9-10-20-45(43)53-46/h1-31H,32H2,(H2,50,51,52). The van der Waals surface area contributed by atoms with Gasteiger partial charge in [0.15, 0.2) is 5.84 Å². The van der Waals surface area contributed by atoms with Gasteiger partial charge >= 0.3 is 0 Å². The number of nitrogens with two attached hydrogens (primary N) is 1. The number of benzene rings is 8. The second-order valence-electron chi connectivity index (χ2n) is 13.2. The molecule has 53 heavy (non-hydrogen) atoms. The number of amidine groups is 2. The van der Waals surface area contributed by atoms with E-state index < -0.39 is 0 Å². The number of furan rings is 1. The fourth-order valence-electron chi connectivity index (χ4n) is 7.09. The summed E-state index contributed by atoms with van der Waals surface area (Å²) in [6, 6.07) is 64.8. The zero-order valence-electron chi connectivity index (χ0n) is 29.0. The smallest absolute Gasteiger partial charge is 0.157 e. The predicted molar refractivity (Wildman–Crippen MR) is 221 cm³/mol. The van der Waals surface area contributed by atoms with E-state index in [-0.39, 0.29) is 0 Å². The Hall–Kier alpha value is -7.04. The average Bonchev–Trinajstić information content (AvgIpc) is 3.62. The molecule has 0 saturated heterocycles. The van der Waals surface area contributed by atoms with Gasteiger partial charge in [-0.1, -0.05) is 164 Å². The molecule has 0 radical (unpaired) electrons. The molecule has 0 fully saturated rings. The van der Waals surface area contributed by atoms with E-state index in [9.17, 15) is 0 Å². The van der Waals surface area contributed by atoms with E-state index in [1.54, 1.807) is 0 Å². The van der Waals surface area contributed by atoms with Crippen LogP contribution >= 0.6 is 0 Å². The molecule has 1 heterocycles. The molecule has 0 atom stereocenters. The van der Waals surface area contributed by atoms with Gasteiger partial charge in [0.25, 0.3) is 0 Å². The van der Waals surface area contributed by atoms with Crippen LogP contribution in [0.15, 0.2) is 202 Å². The Balaban J connectivity index is 1.17. The molecule has 0 amide bonds. The SMILES string of the molecule is NC(=NC(=NCc1ccc(-c2ccccc2)cc1)c1cc(-c2cccc3oc4ccccc4c23)c2ccccc2c1)c1ccc(-c2ccccc2)cc1. The molecule has 0 aliphatic carbocycles. The molecule has 252 valence electrons. The summed E-state index contributed by atoms with van der Waals surface area (Å²) in [7, 11) is 0. The Labute approximate surface area is 308 Å². The molecule has 0 saturated carbocycles. The zero-order chi connectivity index (χ0) is 35.6. The van der Waals surface area contributed by atoms with Gasteiger partial charge in [-0.3, -0.25) is 4.99 Å². The Bertz CT molecular complexity index is 2780. The second-order valence-corrected chi connectivity index (χ2v) is 13.2. The van der Waals surface area contributed by atoms with Gasteiger partial charge in [0.05, 0.1) is 6.54 Å². The van der Waals surface area contributed by atoms with Gasteiger partial charge in [0.2, 0.25) is 0 Å². The number of fused-ring (bicyclic) bond motifs is 4. The molecule has 0 bridgehead atoms. The largest absolute Gasteiger partial charge is 0.456 e. The summed E-state index contributed by atoms with van der Waals surface area (Å²) in [5.41, 5.74) is 18.1. The summed E-state index contributed by atoms with van der Waals surface area (Å²) in [6.45, 7) is 0.443. The predicted octanol–water partition coefficient (Wildman–Crippen LogP) is 12.1. The summed E-state index contributed by atoms with van der Waals surface area (Å²) in [5.74, 6) is 0.971. The number of rotatable bonds is 7. The van der Waals surface area contributed by atoms with Gasteiger partial charge in [0.1, 0.15) is 17.0 Å². The first kappa shape index (κ1) is 31.9. The molecule has 8 aromatic carbocycles. The lowest BCUT2D eigenvalue weighted by Crippen LogP contribution is -2.16. The van der Waals surface area contributed by atoms with Gasteiger partial charge in [-0.15, -0.1) is 0 Å². The van der Waals surface area contributed by atoms with Crippen LogP contribution in [0.4, 0.5) is 0 Å². The monoisotopic (exact) mass is 681 g/mol. The average molecular weight is 682 g/mol. The van der Waals surface area contributed by atoms with E-state index in [1.807, 2.05) is 54.6 Å². The minimum Gasteiger partial charge on any atom is -0.456 e. The molecule has 4 heteroatoms. The quantitative estimate of drug-likeness (QED) is 0.134. The van der Waals surface area contributed by atoms with Crippen molar-refractivity contribution in [2.75, 3.05) is 0 Å².